The number of nitrogens with zero attached hydrogens (tertiary/aromatic N) is 1. The second kappa shape index (κ2) is 5.86. The zero-order valence-corrected chi connectivity index (χ0v) is 12.0. The molecule has 108 valence electrons. The first-order valence-electron chi connectivity index (χ1n) is 6.50. The first kappa shape index (κ1) is 14.2. The van der Waals surface area contributed by atoms with Gasteiger partial charge in [0.05, 0.1) is 19.7 Å². The van der Waals surface area contributed by atoms with Crippen LogP contribution in [0.5, 0.6) is 11.5 Å². The largest absolute Gasteiger partial charge is 0.497 e. The number of carboxylic acids is 1. The van der Waals surface area contributed by atoms with E-state index in [1.165, 1.54) is 0 Å². The molecule has 5 heteroatoms. The van der Waals surface area contributed by atoms with Gasteiger partial charge in [0.15, 0.2) is 0 Å². The third kappa shape index (κ3) is 2.71. The first-order chi connectivity index (χ1) is 9.56. The SMILES string of the molecule is COc1cc(OC)c2cc(C)n(CCCC(=O)O)c2c1. The van der Waals surface area contributed by atoms with E-state index in [1.807, 2.05) is 25.1 Å². The number of hydrogen-bond donors (Lipinski definition) is 1. The van der Waals surface area contributed by atoms with Crippen LogP contribution in [0.4, 0.5) is 0 Å². The van der Waals surface area contributed by atoms with Gasteiger partial charge in [0.25, 0.3) is 0 Å². The van der Waals surface area contributed by atoms with Crippen molar-refractivity contribution in [2.45, 2.75) is 26.3 Å². The Hall–Kier alpha value is -2.17. The van der Waals surface area contributed by atoms with Crippen molar-refractivity contribution in [2.24, 2.45) is 0 Å². The Bertz CT molecular complexity index is 630. The molecule has 0 saturated carbocycles. The Balaban J connectivity index is 2.43. The zero-order chi connectivity index (χ0) is 14.7. The Labute approximate surface area is 117 Å². The summed E-state index contributed by atoms with van der Waals surface area (Å²) in [6.07, 6.45) is 0.764. The predicted molar refractivity (Wildman–Crippen MR) is 76.6 cm³/mol. The molecular weight excluding hydrogens is 258 g/mol. The number of aliphatic carboxylic acids is 1. The Kier molecular flexibility index (Phi) is 4.17. The molecule has 0 amide bonds. The van der Waals surface area contributed by atoms with Crippen LogP contribution >= 0.6 is 0 Å². The van der Waals surface area contributed by atoms with Crippen LogP contribution < -0.4 is 9.47 Å². The lowest BCUT2D eigenvalue weighted by Gasteiger charge is -2.10. The Morgan fingerprint density at radius 2 is 2.00 bits per heavy atom. The summed E-state index contributed by atoms with van der Waals surface area (Å²) >= 11 is 0. The van der Waals surface area contributed by atoms with E-state index < -0.39 is 5.97 Å². The smallest absolute Gasteiger partial charge is 0.303 e. The summed E-state index contributed by atoms with van der Waals surface area (Å²) in [6, 6.07) is 5.85. The second-order valence-corrected chi connectivity index (χ2v) is 4.70. The van der Waals surface area contributed by atoms with E-state index in [0.717, 1.165) is 28.1 Å². The van der Waals surface area contributed by atoms with Crippen molar-refractivity contribution in [2.75, 3.05) is 14.2 Å². The molecule has 20 heavy (non-hydrogen) atoms. The molecule has 5 nitrogen and oxygen atoms in total. The Morgan fingerprint density at radius 1 is 1.25 bits per heavy atom. The van der Waals surface area contributed by atoms with Crippen LogP contribution in [0.25, 0.3) is 10.9 Å². The van der Waals surface area contributed by atoms with E-state index >= 15 is 0 Å². The van der Waals surface area contributed by atoms with Gasteiger partial charge in [0.2, 0.25) is 0 Å². The molecule has 2 aromatic rings. The summed E-state index contributed by atoms with van der Waals surface area (Å²) in [7, 11) is 3.25. The molecular formula is C15H19NO4. The van der Waals surface area contributed by atoms with E-state index in [9.17, 15) is 4.79 Å². The molecule has 0 fully saturated rings. The first-order valence-corrected chi connectivity index (χ1v) is 6.50. The molecule has 2 rings (SSSR count). The van der Waals surface area contributed by atoms with Gasteiger partial charge >= 0.3 is 5.97 Å². The van der Waals surface area contributed by atoms with Gasteiger partial charge in [-0.15, -0.1) is 0 Å². The van der Waals surface area contributed by atoms with Crippen molar-refractivity contribution >= 4 is 16.9 Å². The Morgan fingerprint density at radius 3 is 2.60 bits per heavy atom. The highest BCUT2D eigenvalue weighted by Crippen LogP contribution is 2.33. The molecule has 0 atom stereocenters. The molecule has 0 unspecified atom stereocenters. The van der Waals surface area contributed by atoms with Gasteiger partial charge in [0, 0.05) is 36.2 Å². The normalized spacial score (nSPS) is 10.8. The van der Waals surface area contributed by atoms with Crippen molar-refractivity contribution in [3.8, 4) is 11.5 Å². The monoisotopic (exact) mass is 277 g/mol. The van der Waals surface area contributed by atoms with Gasteiger partial charge in [-0.3, -0.25) is 4.79 Å². The van der Waals surface area contributed by atoms with Crippen LogP contribution in [0.1, 0.15) is 18.5 Å². The van der Waals surface area contributed by atoms with E-state index in [-0.39, 0.29) is 6.42 Å². The molecule has 1 N–H and O–H groups in total. The van der Waals surface area contributed by atoms with Crippen molar-refractivity contribution < 1.29 is 19.4 Å². The third-order valence-electron chi connectivity index (χ3n) is 3.39. The number of aromatic nitrogens is 1. The maximum absolute atomic E-state index is 10.6. The lowest BCUT2D eigenvalue weighted by molar-refractivity contribution is -0.137. The summed E-state index contributed by atoms with van der Waals surface area (Å²) in [5.41, 5.74) is 2.08. The van der Waals surface area contributed by atoms with Crippen LogP contribution in [-0.4, -0.2) is 29.9 Å². The number of aryl methyl sites for hydroxylation is 2. The van der Waals surface area contributed by atoms with Gasteiger partial charge in [-0.25, -0.2) is 0 Å². The lowest BCUT2D eigenvalue weighted by Crippen LogP contribution is -2.03. The highest BCUT2D eigenvalue weighted by atomic mass is 16.5. The maximum Gasteiger partial charge on any atom is 0.303 e. The van der Waals surface area contributed by atoms with Gasteiger partial charge in [-0.1, -0.05) is 0 Å². The molecule has 1 aromatic carbocycles. The summed E-state index contributed by atoms with van der Waals surface area (Å²) < 4.78 is 12.8. The number of fused-ring (bicyclic) bond motifs is 1. The molecule has 0 saturated heterocycles. The lowest BCUT2D eigenvalue weighted by atomic mass is 10.2. The van der Waals surface area contributed by atoms with Crippen molar-refractivity contribution in [1.82, 2.24) is 4.57 Å². The van der Waals surface area contributed by atoms with Crippen LogP contribution in [0.15, 0.2) is 18.2 Å². The number of carboxylic acid groups (broad SMARTS) is 1. The average Bonchev–Trinajstić information content (AvgIpc) is 2.73. The highest BCUT2D eigenvalue weighted by molar-refractivity contribution is 5.89. The maximum atomic E-state index is 10.6. The van der Waals surface area contributed by atoms with Gasteiger partial charge in [0.1, 0.15) is 11.5 Å². The number of benzene rings is 1. The molecule has 0 aliphatic rings. The van der Waals surface area contributed by atoms with Crippen molar-refractivity contribution in [3.05, 3.63) is 23.9 Å². The number of carbonyl (C=O) groups is 1. The molecule has 1 aromatic heterocycles. The summed E-state index contributed by atoms with van der Waals surface area (Å²) in [5, 5.41) is 9.75. The van der Waals surface area contributed by atoms with E-state index in [2.05, 4.69) is 4.57 Å². The van der Waals surface area contributed by atoms with Crippen LogP contribution in [0.3, 0.4) is 0 Å². The van der Waals surface area contributed by atoms with Crippen LogP contribution in [-0.2, 0) is 11.3 Å². The zero-order valence-electron chi connectivity index (χ0n) is 12.0. The highest BCUT2D eigenvalue weighted by Gasteiger charge is 2.12. The number of methoxy groups -OCH3 is 2. The van der Waals surface area contributed by atoms with Gasteiger partial charge in [-0.05, 0) is 19.4 Å². The summed E-state index contributed by atoms with van der Waals surface area (Å²) in [6.45, 7) is 2.67. The fourth-order valence-corrected chi connectivity index (χ4v) is 2.40. The average molecular weight is 277 g/mol. The summed E-state index contributed by atoms with van der Waals surface area (Å²) in [5.74, 6) is 0.723. The summed E-state index contributed by atoms with van der Waals surface area (Å²) in [4.78, 5) is 10.6. The quantitative estimate of drug-likeness (QED) is 0.882. The minimum Gasteiger partial charge on any atom is -0.497 e. The third-order valence-corrected chi connectivity index (χ3v) is 3.39. The molecule has 0 aliphatic carbocycles. The molecule has 0 bridgehead atoms. The van der Waals surface area contributed by atoms with Crippen LogP contribution in [0.2, 0.25) is 0 Å². The fraction of sp³-hybridized carbons (Fsp3) is 0.400. The number of rotatable bonds is 6. The minimum atomic E-state index is -0.769. The van der Waals surface area contributed by atoms with Gasteiger partial charge < -0.3 is 19.1 Å². The molecule has 0 aliphatic heterocycles. The number of ether oxygens (including phenoxy) is 2. The van der Waals surface area contributed by atoms with E-state index in [1.54, 1.807) is 14.2 Å². The predicted octanol–water partition coefficient (Wildman–Crippen LogP) is 2.83. The molecule has 0 radical (unpaired) electrons. The van der Waals surface area contributed by atoms with E-state index in [0.29, 0.717) is 13.0 Å². The van der Waals surface area contributed by atoms with Crippen molar-refractivity contribution in [1.29, 1.82) is 0 Å². The van der Waals surface area contributed by atoms with Gasteiger partial charge in [-0.2, -0.15) is 0 Å². The standard InChI is InChI=1S/C15H19NO4/c1-10-7-12-13(16(10)6-4-5-15(17)18)8-11(19-2)9-14(12)20-3/h7-9H,4-6H2,1-3H3,(H,17,18). The molecule has 0 spiro atoms. The fourth-order valence-electron chi connectivity index (χ4n) is 2.40. The van der Waals surface area contributed by atoms with E-state index in [4.69, 9.17) is 14.6 Å². The van der Waals surface area contributed by atoms with Crippen LogP contribution in [0, 0.1) is 6.92 Å². The second-order valence-electron chi connectivity index (χ2n) is 4.70. The van der Waals surface area contributed by atoms with Crippen molar-refractivity contribution in [3.63, 3.8) is 0 Å². The topological polar surface area (TPSA) is 60.7 Å². The number of hydrogen-bond acceptors (Lipinski definition) is 3. The minimum absolute atomic E-state index is 0.167. The molecule has 1 heterocycles.